The average Bonchev–Trinajstić information content (AvgIpc) is 2.48. The van der Waals surface area contributed by atoms with Gasteiger partial charge in [-0.25, -0.2) is 4.99 Å². The first-order valence-corrected chi connectivity index (χ1v) is 8.09. The Morgan fingerprint density at radius 3 is 2.35 bits per heavy atom. The molecule has 0 aliphatic carbocycles. The Kier molecular flexibility index (Phi) is 10.3. The second-order valence-electron chi connectivity index (χ2n) is 6.38. The van der Waals surface area contributed by atoms with Crippen molar-refractivity contribution in [2.75, 3.05) is 19.7 Å². The van der Waals surface area contributed by atoms with Crippen molar-refractivity contribution < 1.29 is 23.0 Å². The minimum Gasteiger partial charge on any atom is -0.488 e. The SMILES string of the molecule is CCNC(=NCc1ccc(OC(C)(C)C)cc1C(F)(F)F)NCCO.I. The van der Waals surface area contributed by atoms with Gasteiger partial charge in [0.15, 0.2) is 5.96 Å². The summed E-state index contributed by atoms with van der Waals surface area (Å²) >= 11 is 0. The maximum atomic E-state index is 13.4. The third-order valence-corrected chi connectivity index (χ3v) is 2.97. The molecule has 0 aromatic heterocycles. The summed E-state index contributed by atoms with van der Waals surface area (Å²) in [7, 11) is 0. The van der Waals surface area contributed by atoms with Gasteiger partial charge in [0.2, 0.25) is 0 Å². The fraction of sp³-hybridized carbons (Fsp3) is 0.588. The maximum Gasteiger partial charge on any atom is 0.416 e. The number of alkyl halides is 3. The normalized spacial score (nSPS) is 12.4. The first kappa shape index (κ1) is 24.8. The van der Waals surface area contributed by atoms with Gasteiger partial charge in [0.1, 0.15) is 11.4 Å². The van der Waals surface area contributed by atoms with Crippen molar-refractivity contribution in [2.24, 2.45) is 4.99 Å². The van der Waals surface area contributed by atoms with Crippen LogP contribution in [0.1, 0.15) is 38.8 Å². The van der Waals surface area contributed by atoms with E-state index in [1.807, 2.05) is 6.92 Å². The molecule has 0 atom stereocenters. The second kappa shape index (κ2) is 10.8. The Balaban J connectivity index is 0.00000625. The number of rotatable bonds is 6. The fourth-order valence-corrected chi connectivity index (χ4v) is 2.05. The van der Waals surface area contributed by atoms with Crippen molar-refractivity contribution >= 4 is 29.9 Å². The molecule has 0 radical (unpaired) electrons. The minimum atomic E-state index is -4.50. The zero-order valence-electron chi connectivity index (χ0n) is 15.4. The molecule has 0 spiro atoms. The summed E-state index contributed by atoms with van der Waals surface area (Å²) in [4.78, 5) is 4.14. The minimum absolute atomic E-state index is 0. The van der Waals surface area contributed by atoms with Crippen molar-refractivity contribution in [1.29, 1.82) is 0 Å². The third kappa shape index (κ3) is 8.93. The van der Waals surface area contributed by atoms with Gasteiger partial charge in [0.05, 0.1) is 18.7 Å². The summed E-state index contributed by atoms with van der Waals surface area (Å²) in [6.45, 7) is 7.73. The molecular formula is C17H27F3IN3O2. The van der Waals surface area contributed by atoms with E-state index >= 15 is 0 Å². The van der Waals surface area contributed by atoms with E-state index in [1.165, 1.54) is 12.1 Å². The molecule has 0 amide bonds. The Hall–Kier alpha value is -1.23. The molecule has 1 aromatic rings. The lowest BCUT2D eigenvalue weighted by atomic mass is 10.1. The largest absolute Gasteiger partial charge is 0.488 e. The van der Waals surface area contributed by atoms with Crippen LogP contribution in [0.25, 0.3) is 0 Å². The van der Waals surface area contributed by atoms with E-state index in [0.29, 0.717) is 12.5 Å². The molecule has 26 heavy (non-hydrogen) atoms. The number of benzene rings is 1. The molecule has 0 fully saturated rings. The first-order chi connectivity index (χ1) is 11.6. The highest BCUT2D eigenvalue weighted by Crippen LogP contribution is 2.35. The number of halogens is 4. The number of ether oxygens (including phenoxy) is 1. The number of guanidine groups is 1. The van der Waals surface area contributed by atoms with Crippen molar-refractivity contribution in [2.45, 2.75) is 46.0 Å². The van der Waals surface area contributed by atoms with Crippen LogP contribution < -0.4 is 15.4 Å². The van der Waals surface area contributed by atoms with Crippen molar-refractivity contribution in [3.05, 3.63) is 29.3 Å². The van der Waals surface area contributed by atoms with E-state index in [0.717, 1.165) is 6.07 Å². The quantitative estimate of drug-likeness (QED) is 0.325. The zero-order chi connectivity index (χ0) is 19.1. The molecule has 1 aromatic carbocycles. The van der Waals surface area contributed by atoms with Crippen LogP contribution in [0.2, 0.25) is 0 Å². The number of hydrogen-bond donors (Lipinski definition) is 3. The van der Waals surface area contributed by atoms with E-state index in [4.69, 9.17) is 9.84 Å². The van der Waals surface area contributed by atoms with Crippen LogP contribution in [0.4, 0.5) is 13.2 Å². The Morgan fingerprint density at radius 1 is 1.19 bits per heavy atom. The number of aliphatic hydroxyl groups excluding tert-OH is 1. The number of nitrogens with one attached hydrogen (secondary N) is 2. The van der Waals surface area contributed by atoms with Gasteiger partial charge in [0, 0.05) is 13.1 Å². The van der Waals surface area contributed by atoms with Gasteiger partial charge >= 0.3 is 6.18 Å². The van der Waals surface area contributed by atoms with Crippen LogP contribution >= 0.6 is 24.0 Å². The van der Waals surface area contributed by atoms with Crippen LogP contribution in [0.15, 0.2) is 23.2 Å². The lowest BCUT2D eigenvalue weighted by Gasteiger charge is -2.22. The van der Waals surface area contributed by atoms with Gasteiger partial charge in [-0.3, -0.25) is 0 Å². The summed E-state index contributed by atoms with van der Waals surface area (Å²) in [5, 5.41) is 14.6. The highest BCUT2D eigenvalue weighted by atomic mass is 127. The fourth-order valence-electron chi connectivity index (χ4n) is 2.05. The summed E-state index contributed by atoms with van der Waals surface area (Å²) in [6, 6.07) is 3.90. The molecule has 0 aliphatic heterocycles. The molecule has 0 unspecified atom stereocenters. The van der Waals surface area contributed by atoms with Gasteiger partial charge in [0.25, 0.3) is 0 Å². The molecular weight excluding hydrogens is 462 g/mol. The maximum absolute atomic E-state index is 13.4. The van der Waals surface area contributed by atoms with Crippen molar-refractivity contribution in [1.82, 2.24) is 10.6 Å². The van der Waals surface area contributed by atoms with Crippen LogP contribution in [0.3, 0.4) is 0 Å². The molecule has 0 aliphatic rings. The average molecular weight is 489 g/mol. The number of aliphatic hydroxyl groups is 1. The number of aliphatic imine (C=N–C) groups is 1. The van der Waals surface area contributed by atoms with Crippen LogP contribution in [0, 0.1) is 0 Å². The molecule has 150 valence electrons. The van der Waals surface area contributed by atoms with E-state index in [-0.39, 0.29) is 55.0 Å². The summed E-state index contributed by atoms with van der Waals surface area (Å²) in [5.41, 5.74) is -1.31. The smallest absolute Gasteiger partial charge is 0.416 e. The van der Waals surface area contributed by atoms with Gasteiger partial charge < -0.3 is 20.5 Å². The monoisotopic (exact) mass is 489 g/mol. The van der Waals surface area contributed by atoms with E-state index in [1.54, 1.807) is 20.8 Å². The zero-order valence-corrected chi connectivity index (χ0v) is 17.7. The Bertz CT molecular complexity index is 588. The molecule has 3 N–H and O–H groups in total. The van der Waals surface area contributed by atoms with Crippen LogP contribution in [-0.2, 0) is 12.7 Å². The predicted octanol–water partition coefficient (Wildman–Crippen LogP) is 3.55. The lowest BCUT2D eigenvalue weighted by molar-refractivity contribution is -0.138. The first-order valence-electron chi connectivity index (χ1n) is 8.09. The van der Waals surface area contributed by atoms with Crippen LogP contribution in [-0.4, -0.2) is 36.4 Å². The van der Waals surface area contributed by atoms with Gasteiger partial charge in [-0.1, -0.05) is 6.07 Å². The second-order valence-corrected chi connectivity index (χ2v) is 6.38. The Morgan fingerprint density at radius 2 is 1.85 bits per heavy atom. The molecule has 0 heterocycles. The molecule has 0 saturated carbocycles. The predicted molar refractivity (Wildman–Crippen MR) is 107 cm³/mol. The lowest BCUT2D eigenvalue weighted by Crippen LogP contribution is -2.38. The number of nitrogens with zero attached hydrogens (tertiary/aromatic N) is 1. The number of hydrogen-bond acceptors (Lipinski definition) is 3. The summed E-state index contributed by atoms with van der Waals surface area (Å²) < 4.78 is 45.6. The van der Waals surface area contributed by atoms with Crippen molar-refractivity contribution in [3.8, 4) is 5.75 Å². The topological polar surface area (TPSA) is 65.9 Å². The highest BCUT2D eigenvalue weighted by molar-refractivity contribution is 14.0. The van der Waals surface area contributed by atoms with Gasteiger partial charge in [-0.05, 0) is 45.4 Å². The third-order valence-electron chi connectivity index (χ3n) is 2.97. The molecule has 0 saturated heterocycles. The van der Waals surface area contributed by atoms with E-state index in [2.05, 4.69) is 15.6 Å². The summed E-state index contributed by atoms with van der Waals surface area (Å²) in [6.07, 6.45) is -4.50. The Labute approximate surface area is 169 Å². The highest BCUT2D eigenvalue weighted by Gasteiger charge is 2.34. The standard InChI is InChI=1S/C17H26F3N3O2.HI/c1-5-21-15(22-8-9-24)23-11-12-6-7-13(25-16(2,3)4)10-14(12)17(18,19)20;/h6-7,10,24H,5,8-9,11H2,1-4H3,(H2,21,22,23);1H. The van der Waals surface area contributed by atoms with Crippen molar-refractivity contribution in [3.63, 3.8) is 0 Å². The van der Waals surface area contributed by atoms with Gasteiger partial charge in [-0.15, -0.1) is 24.0 Å². The summed E-state index contributed by atoms with van der Waals surface area (Å²) in [5.74, 6) is 0.512. The van der Waals surface area contributed by atoms with E-state index in [9.17, 15) is 13.2 Å². The van der Waals surface area contributed by atoms with Gasteiger partial charge in [-0.2, -0.15) is 13.2 Å². The van der Waals surface area contributed by atoms with E-state index < -0.39 is 17.3 Å². The molecule has 9 heteroatoms. The molecule has 1 rings (SSSR count). The molecule has 0 bridgehead atoms. The molecule has 5 nitrogen and oxygen atoms in total. The van der Waals surface area contributed by atoms with Crippen LogP contribution in [0.5, 0.6) is 5.75 Å².